The van der Waals surface area contributed by atoms with Crippen LogP contribution in [0.4, 0.5) is 0 Å². The molecule has 1 spiro atoms. The zero-order valence-corrected chi connectivity index (χ0v) is 24.1. The second kappa shape index (κ2) is 10.8. The number of ketones is 1. The summed E-state index contributed by atoms with van der Waals surface area (Å²) in [5, 5.41) is 24.4. The molecule has 39 heavy (non-hydrogen) atoms. The van der Waals surface area contributed by atoms with E-state index in [1.165, 1.54) is 13.2 Å². The number of fused-ring (bicyclic) bond motifs is 3. The number of Topliss-reactive ketones (excluding diaryl/α,β-unsaturated/α-hetero) is 1. The maximum absolute atomic E-state index is 14.5. The van der Waals surface area contributed by atoms with Crippen molar-refractivity contribution < 1.29 is 34.1 Å². The van der Waals surface area contributed by atoms with Crippen LogP contribution in [0, 0.1) is 34.5 Å². The lowest BCUT2D eigenvalue weighted by Crippen LogP contribution is -2.65. The molecule has 214 valence electrons. The molecule has 4 aliphatic rings. The van der Waals surface area contributed by atoms with Crippen molar-refractivity contribution in [3.63, 3.8) is 0 Å². The van der Waals surface area contributed by atoms with E-state index in [2.05, 4.69) is 20.8 Å². The fourth-order valence-corrected chi connectivity index (χ4v) is 7.83. The van der Waals surface area contributed by atoms with E-state index in [0.29, 0.717) is 12.0 Å². The Kier molecular flexibility index (Phi) is 8.17. The van der Waals surface area contributed by atoms with Crippen molar-refractivity contribution in [3.05, 3.63) is 47.6 Å². The van der Waals surface area contributed by atoms with Crippen LogP contribution in [0.25, 0.3) is 0 Å². The summed E-state index contributed by atoms with van der Waals surface area (Å²) in [7, 11) is 1.26. The summed E-state index contributed by atoms with van der Waals surface area (Å²) >= 11 is 0. The Morgan fingerprint density at radius 1 is 1.21 bits per heavy atom. The molecule has 7 nitrogen and oxygen atoms in total. The first-order chi connectivity index (χ1) is 18.4. The molecule has 2 N–H and O–H groups in total. The molecule has 8 atom stereocenters. The highest BCUT2D eigenvalue weighted by atomic mass is 16.6. The normalized spacial score (nSPS) is 38.4. The number of methoxy groups -OCH3 is 1. The van der Waals surface area contributed by atoms with Gasteiger partial charge in [0, 0.05) is 12.0 Å². The largest absolute Gasteiger partial charge is 0.469 e. The van der Waals surface area contributed by atoms with Gasteiger partial charge in [-0.05, 0) is 60.5 Å². The highest BCUT2D eigenvalue weighted by Crippen LogP contribution is 2.71. The summed E-state index contributed by atoms with van der Waals surface area (Å²) in [5.41, 5.74) is -2.96. The Morgan fingerprint density at radius 2 is 1.92 bits per heavy atom. The third-order valence-corrected chi connectivity index (χ3v) is 9.98. The first kappa shape index (κ1) is 29.5. The van der Waals surface area contributed by atoms with Gasteiger partial charge in [0.15, 0.2) is 17.5 Å². The molecule has 0 aromatic heterocycles. The zero-order valence-electron chi connectivity index (χ0n) is 24.1. The van der Waals surface area contributed by atoms with Gasteiger partial charge in [-0.2, -0.15) is 0 Å². The van der Waals surface area contributed by atoms with Crippen molar-refractivity contribution in [2.24, 2.45) is 34.5 Å². The van der Waals surface area contributed by atoms with Crippen LogP contribution in [0.2, 0.25) is 0 Å². The Hall–Kier alpha value is -2.51. The Morgan fingerprint density at radius 3 is 2.59 bits per heavy atom. The number of carbonyl (C=O) groups excluding carboxylic acids is 3. The monoisotopic (exact) mass is 540 g/mol. The van der Waals surface area contributed by atoms with Crippen molar-refractivity contribution in [2.75, 3.05) is 7.11 Å². The van der Waals surface area contributed by atoms with Gasteiger partial charge < -0.3 is 19.7 Å². The van der Waals surface area contributed by atoms with Gasteiger partial charge in [-0.15, -0.1) is 0 Å². The molecule has 4 rings (SSSR count). The lowest BCUT2D eigenvalue weighted by Gasteiger charge is -2.48. The van der Waals surface area contributed by atoms with Gasteiger partial charge >= 0.3 is 11.9 Å². The molecular formula is C32H44O7. The molecule has 0 amide bonds. The molecule has 7 heteroatoms. The molecule has 0 aliphatic heterocycles. The number of hydrogen-bond acceptors (Lipinski definition) is 7. The van der Waals surface area contributed by atoms with Gasteiger partial charge in [-0.3, -0.25) is 9.59 Å². The quantitative estimate of drug-likeness (QED) is 0.144. The molecule has 0 heterocycles. The van der Waals surface area contributed by atoms with E-state index in [1.54, 1.807) is 31.2 Å². The average molecular weight is 541 g/mol. The number of unbranched alkanes of at least 4 members (excludes halogenated alkanes) is 3. The number of allylic oxidation sites excluding steroid dienone is 4. The summed E-state index contributed by atoms with van der Waals surface area (Å²) in [4.78, 5) is 39.8. The van der Waals surface area contributed by atoms with Crippen LogP contribution in [0.15, 0.2) is 47.6 Å². The van der Waals surface area contributed by atoms with E-state index in [4.69, 9.17) is 9.47 Å². The zero-order chi connectivity index (χ0) is 28.8. The molecule has 2 fully saturated rings. The standard InChI is InChI=1S/C32H44O7/c1-7-8-9-10-11-12-13-14-24(33)39-29-19(2)18-31-20(3)15-23-26(30(23,4)5)22(28(31)36)16-21(17-25(34)38-6)27(35)32(29,31)37/h11-14,16,18,20,22-23,26-27,29,35,37H,7-10,15,17H2,1-6H3/b12-11+,14-13+/t20-,22-,23?,26+,27-,29+,31?,32+/m1/s1. The number of esters is 2. The first-order valence-corrected chi connectivity index (χ1v) is 14.3. The van der Waals surface area contributed by atoms with Gasteiger partial charge in [0.1, 0.15) is 6.10 Å². The van der Waals surface area contributed by atoms with Crippen molar-refractivity contribution in [1.29, 1.82) is 0 Å². The highest BCUT2D eigenvalue weighted by Gasteiger charge is 2.76. The average Bonchev–Trinajstić information content (AvgIpc) is 3.38. The minimum Gasteiger partial charge on any atom is -0.469 e. The summed E-state index contributed by atoms with van der Waals surface area (Å²) < 4.78 is 10.7. The fraction of sp³-hybridized carbons (Fsp3) is 0.656. The van der Waals surface area contributed by atoms with Crippen LogP contribution in [-0.2, 0) is 23.9 Å². The van der Waals surface area contributed by atoms with Crippen LogP contribution < -0.4 is 0 Å². The number of hydrogen-bond donors (Lipinski definition) is 2. The van der Waals surface area contributed by atoms with E-state index < -0.39 is 41.1 Å². The molecule has 2 saturated carbocycles. The van der Waals surface area contributed by atoms with Gasteiger partial charge in [0.05, 0.1) is 18.9 Å². The lowest BCUT2D eigenvalue weighted by atomic mass is 9.59. The van der Waals surface area contributed by atoms with Crippen LogP contribution in [-0.4, -0.2) is 52.9 Å². The summed E-state index contributed by atoms with van der Waals surface area (Å²) in [6.45, 7) is 10.1. The van der Waals surface area contributed by atoms with E-state index in [-0.39, 0.29) is 40.9 Å². The second-order valence-electron chi connectivity index (χ2n) is 12.6. The molecular weight excluding hydrogens is 496 g/mol. The molecule has 0 aromatic rings. The third-order valence-electron chi connectivity index (χ3n) is 9.98. The van der Waals surface area contributed by atoms with Gasteiger partial charge in [-0.1, -0.05) is 70.9 Å². The van der Waals surface area contributed by atoms with E-state index in [9.17, 15) is 24.6 Å². The van der Waals surface area contributed by atoms with Crippen LogP contribution in [0.5, 0.6) is 0 Å². The van der Waals surface area contributed by atoms with Gasteiger partial charge in [-0.25, -0.2) is 4.79 Å². The smallest absolute Gasteiger partial charge is 0.331 e. The molecule has 4 aliphatic carbocycles. The molecule has 0 radical (unpaired) electrons. The van der Waals surface area contributed by atoms with Gasteiger partial charge in [0.25, 0.3) is 0 Å². The minimum absolute atomic E-state index is 0.0383. The Balaban J connectivity index is 1.70. The number of rotatable bonds is 9. The van der Waals surface area contributed by atoms with Crippen LogP contribution in [0.3, 0.4) is 0 Å². The Labute approximate surface area is 232 Å². The number of aliphatic hydroxyl groups excluding tert-OH is 1. The maximum Gasteiger partial charge on any atom is 0.331 e. The van der Waals surface area contributed by atoms with Crippen molar-refractivity contribution in [2.45, 2.75) is 91.0 Å². The predicted molar refractivity (Wildman–Crippen MR) is 147 cm³/mol. The molecule has 2 bridgehead atoms. The second-order valence-corrected chi connectivity index (χ2v) is 12.6. The van der Waals surface area contributed by atoms with E-state index in [1.807, 2.05) is 13.0 Å². The summed E-state index contributed by atoms with van der Waals surface area (Å²) in [6, 6.07) is 0. The number of carbonyl (C=O) groups is 3. The topological polar surface area (TPSA) is 110 Å². The van der Waals surface area contributed by atoms with Gasteiger partial charge in [0.2, 0.25) is 0 Å². The highest BCUT2D eigenvalue weighted by molar-refractivity contribution is 5.96. The van der Waals surface area contributed by atoms with Crippen molar-refractivity contribution >= 4 is 17.7 Å². The van der Waals surface area contributed by atoms with E-state index in [0.717, 1.165) is 25.7 Å². The number of ether oxygens (including phenoxy) is 2. The number of aliphatic hydroxyl groups is 2. The Bertz CT molecular complexity index is 1130. The third kappa shape index (κ3) is 4.65. The molecule has 0 aromatic carbocycles. The SMILES string of the molecule is CCCCC/C=C/C=C/C(=O)O[C@H]1C(C)=CC23C(=O)[C@H](C=C(CC(=O)OC)[C@@H](O)[C@]12O)[C@H]1C(C[C@H]3C)C1(C)C. The fourth-order valence-electron chi connectivity index (χ4n) is 7.83. The molecule has 0 saturated heterocycles. The predicted octanol–water partition coefficient (Wildman–Crippen LogP) is 4.63. The maximum atomic E-state index is 14.5. The molecule has 2 unspecified atom stereocenters. The summed E-state index contributed by atoms with van der Waals surface area (Å²) in [6.07, 6.45) is 11.9. The van der Waals surface area contributed by atoms with Crippen LogP contribution >= 0.6 is 0 Å². The first-order valence-electron chi connectivity index (χ1n) is 14.3. The minimum atomic E-state index is -2.16. The van der Waals surface area contributed by atoms with E-state index >= 15 is 0 Å². The summed E-state index contributed by atoms with van der Waals surface area (Å²) in [5.74, 6) is -2.04. The van der Waals surface area contributed by atoms with Crippen LogP contribution in [0.1, 0.15) is 73.1 Å². The van der Waals surface area contributed by atoms with Crippen molar-refractivity contribution in [3.8, 4) is 0 Å². The van der Waals surface area contributed by atoms with Crippen molar-refractivity contribution in [1.82, 2.24) is 0 Å². The lowest BCUT2D eigenvalue weighted by molar-refractivity contribution is -0.201.